The predicted octanol–water partition coefficient (Wildman–Crippen LogP) is 2.88. The standard InChI is InChI=1S/C16H13FN4O/c17-15-7-3-1-6-14(15)10-22-16-8-4-2-5-13(16)9-20-21-11-18-19-12-21/h1-9,11-12H,10H2/b20-9-. The Kier molecular flexibility index (Phi) is 4.20. The lowest BCUT2D eigenvalue weighted by atomic mass is 10.2. The fourth-order valence-corrected chi connectivity index (χ4v) is 1.87. The van der Waals surface area contributed by atoms with Crippen molar-refractivity contribution in [3.8, 4) is 5.75 Å². The molecule has 0 N–H and O–H groups in total. The molecule has 0 amide bonds. The third kappa shape index (κ3) is 3.35. The predicted molar refractivity (Wildman–Crippen MR) is 80.2 cm³/mol. The Hall–Kier alpha value is -3.02. The van der Waals surface area contributed by atoms with Crippen molar-refractivity contribution in [2.24, 2.45) is 5.10 Å². The molecule has 0 saturated carbocycles. The molecule has 2 aromatic carbocycles. The summed E-state index contributed by atoms with van der Waals surface area (Å²) in [6.45, 7) is 0.157. The van der Waals surface area contributed by atoms with Crippen LogP contribution in [0.5, 0.6) is 5.75 Å². The topological polar surface area (TPSA) is 52.3 Å². The van der Waals surface area contributed by atoms with Gasteiger partial charge in [-0.3, -0.25) is 0 Å². The van der Waals surface area contributed by atoms with Gasteiger partial charge in [0.05, 0.1) is 6.21 Å². The second kappa shape index (κ2) is 6.62. The summed E-state index contributed by atoms with van der Waals surface area (Å²) in [5.41, 5.74) is 1.29. The number of ether oxygens (including phenoxy) is 1. The van der Waals surface area contributed by atoms with Gasteiger partial charge in [-0.15, -0.1) is 10.2 Å². The summed E-state index contributed by atoms with van der Waals surface area (Å²) in [6.07, 6.45) is 4.61. The number of benzene rings is 2. The van der Waals surface area contributed by atoms with E-state index in [9.17, 15) is 4.39 Å². The number of hydrogen-bond acceptors (Lipinski definition) is 4. The normalized spacial score (nSPS) is 11.0. The van der Waals surface area contributed by atoms with Gasteiger partial charge < -0.3 is 4.74 Å². The van der Waals surface area contributed by atoms with Gasteiger partial charge >= 0.3 is 0 Å². The number of halogens is 1. The third-order valence-electron chi connectivity index (χ3n) is 3.00. The molecule has 0 unspecified atom stereocenters. The van der Waals surface area contributed by atoms with E-state index >= 15 is 0 Å². The maximum Gasteiger partial charge on any atom is 0.141 e. The molecule has 3 rings (SSSR count). The van der Waals surface area contributed by atoms with E-state index in [0.717, 1.165) is 5.56 Å². The lowest BCUT2D eigenvalue weighted by Gasteiger charge is -2.09. The van der Waals surface area contributed by atoms with E-state index < -0.39 is 0 Å². The molecular weight excluding hydrogens is 283 g/mol. The molecule has 1 heterocycles. The summed E-state index contributed by atoms with van der Waals surface area (Å²) in [7, 11) is 0. The molecule has 1 aromatic heterocycles. The molecule has 5 nitrogen and oxygen atoms in total. The first-order valence-electron chi connectivity index (χ1n) is 6.67. The van der Waals surface area contributed by atoms with Crippen LogP contribution in [-0.4, -0.2) is 21.1 Å². The fourth-order valence-electron chi connectivity index (χ4n) is 1.87. The van der Waals surface area contributed by atoms with Crippen LogP contribution in [0.3, 0.4) is 0 Å². The van der Waals surface area contributed by atoms with Gasteiger partial charge in [0.1, 0.15) is 30.8 Å². The van der Waals surface area contributed by atoms with E-state index in [0.29, 0.717) is 11.3 Å². The monoisotopic (exact) mass is 296 g/mol. The van der Waals surface area contributed by atoms with Crippen LogP contribution >= 0.6 is 0 Å². The first kappa shape index (κ1) is 13.9. The summed E-state index contributed by atoms with van der Waals surface area (Å²) >= 11 is 0. The number of rotatable bonds is 5. The second-order valence-corrected chi connectivity index (χ2v) is 4.50. The SMILES string of the molecule is Fc1ccccc1COc1ccccc1/C=N\n1cnnc1. The van der Waals surface area contributed by atoms with Crippen LogP contribution in [0.15, 0.2) is 66.3 Å². The largest absolute Gasteiger partial charge is 0.488 e. The molecule has 6 heteroatoms. The highest BCUT2D eigenvalue weighted by molar-refractivity contribution is 5.83. The van der Waals surface area contributed by atoms with Crippen molar-refractivity contribution in [3.05, 3.63) is 78.1 Å². The van der Waals surface area contributed by atoms with E-state index in [4.69, 9.17) is 4.74 Å². The lowest BCUT2D eigenvalue weighted by Crippen LogP contribution is -2.00. The molecule has 0 aliphatic heterocycles. The average Bonchev–Trinajstić information content (AvgIpc) is 3.06. The van der Waals surface area contributed by atoms with Crippen LogP contribution in [0, 0.1) is 5.82 Å². The van der Waals surface area contributed by atoms with Crippen molar-refractivity contribution in [1.29, 1.82) is 0 Å². The Balaban J connectivity index is 1.75. The zero-order chi connectivity index (χ0) is 15.2. The Morgan fingerprint density at radius 1 is 1.05 bits per heavy atom. The van der Waals surface area contributed by atoms with E-state index in [1.165, 1.54) is 23.4 Å². The molecule has 0 aliphatic carbocycles. The van der Waals surface area contributed by atoms with E-state index in [1.54, 1.807) is 24.4 Å². The number of nitrogens with zero attached hydrogens (tertiary/aromatic N) is 4. The number of hydrogen-bond donors (Lipinski definition) is 0. The zero-order valence-corrected chi connectivity index (χ0v) is 11.6. The maximum atomic E-state index is 13.6. The summed E-state index contributed by atoms with van der Waals surface area (Å²) < 4.78 is 20.8. The van der Waals surface area contributed by atoms with Crippen LogP contribution in [0.4, 0.5) is 4.39 Å². The molecule has 0 spiro atoms. The molecular formula is C16H13FN4O. The van der Waals surface area contributed by atoms with Crippen molar-refractivity contribution in [3.63, 3.8) is 0 Å². The molecule has 0 aliphatic rings. The minimum Gasteiger partial charge on any atom is -0.488 e. The molecule has 0 atom stereocenters. The van der Waals surface area contributed by atoms with Crippen LogP contribution in [-0.2, 0) is 6.61 Å². The van der Waals surface area contributed by atoms with Crippen molar-refractivity contribution in [1.82, 2.24) is 14.9 Å². The molecule has 3 aromatic rings. The zero-order valence-electron chi connectivity index (χ0n) is 11.6. The minimum atomic E-state index is -0.280. The maximum absolute atomic E-state index is 13.6. The van der Waals surface area contributed by atoms with Gasteiger partial charge in [-0.2, -0.15) is 5.10 Å². The Bertz CT molecular complexity index is 771. The lowest BCUT2D eigenvalue weighted by molar-refractivity contribution is 0.299. The van der Waals surface area contributed by atoms with E-state index in [-0.39, 0.29) is 12.4 Å². The van der Waals surface area contributed by atoms with Crippen LogP contribution in [0.2, 0.25) is 0 Å². The summed E-state index contributed by atoms with van der Waals surface area (Å²) in [6, 6.07) is 14.0. The summed E-state index contributed by atoms with van der Waals surface area (Å²) in [5, 5.41) is 11.5. The van der Waals surface area contributed by atoms with Gasteiger partial charge in [-0.25, -0.2) is 9.07 Å². The van der Waals surface area contributed by atoms with Gasteiger partial charge in [0, 0.05) is 11.1 Å². The van der Waals surface area contributed by atoms with Gasteiger partial charge in [0.2, 0.25) is 0 Å². The molecule has 0 bridgehead atoms. The third-order valence-corrected chi connectivity index (χ3v) is 3.00. The molecule has 110 valence electrons. The Labute approximate surface area is 126 Å². The first-order valence-corrected chi connectivity index (χ1v) is 6.67. The highest BCUT2D eigenvalue weighted by Crippen LogP contribution is 2.18. The van der Waals surface area contributed by atoms with Crippen molar-refractivity contribution < 1.29 is 9.13 Å². The van der Waals surface area contributed by atoms with E-state index in [1.807, 2.05) is 24.3 Å². The fraction of sp³-hybridized carbons (Fsp3) is 0.0625. The van der Waals surface area contributed by atoms with Crippen LogP contribution in [0.25, 0.3) is 0 Å². The van der Waals surface area contributed by atoms with Gasteiger partial charge in [-0.1, -0.05) is 30.3 Å². The summed E-state index contributed by atoms with van der Waals surface area (Å²) in [4.78, 5) is 0. The van der Waals surface area contributed by atoms with Crippen LogP contribution in [0.1, 0.15) is 11.1 Å². The highest BCUT2D eigenvalue weighted by Gasteiger charge is 2.04. The minimum absolute atomic E-state index is 0.157. The number of para-hydroxylation sites is 1. The Morgan fingerprint density at radius 3 is 2.59 bits per heavy atom. The van der Waals surface area contributed by atoms with Gasteiger partial charge in [0.15, 0.2) is 0 Å². The first-order chi connectivity index (χ1) is 10.8. The smallest absolute Gasteiger partial charge is 0.141 e. The Morgan fingerprint density at radius 2 is 1.77 bits per heavy atom. The van der Waals surface area contributed by atoms with Crippen molar-refractivity contribution >= 4 is 6.21 Å². The highest BCUT2D eigenvalue weighted by atomic mass is 19.1. The van der Waals surface area contributed by atoms with Crippen molar-refractivity contribution in [2.75, 3.05) is 0 Å². The second-order valence-electron chi connectivity index (χ2n) is 4.50. The number of aromatic nitrogens is 3. The quantitative estimate of drug-likeness (QED) is 0.680. The van der Waals surface area contributed by atoms with Crippen LogP contribution < -0.4 is 4.74 Å². The molecule has 0 radical (unpaired) electrons. The van der Waals surface area contributed by atoms with E-state index in [2.05, 4.69) is 15.3 Å². The molecule has 0 fully saturated rings. The molecule has 22 heavy (non-hydrogen) atoms. The average molecular weight is 296 g/mol. The molecule has 0 saturated heterocycles. The van der Waals surface area contributed by atoms with Gasteiger partial charge in [-0.05, 0) is 18.2 Å². The van der Waals surface area contributed by atoms with Gasteiger partial charge in [0.25, 0.3) is 0 Å². The van der Waals surface area contributed by atoms with Crippen molar-refractivity contribution in [2.45, 2.75) is 6.61 Å². The summed E-state index contributed by atoms with van der Waals surface area (Å²) in [5.74, 6) is 0.348.